The van der Waals surface area contributed by atoms with Gasteiger partial charge in [0.1, 0.15) is 5.01 Å². The maximum absolute atomic E-state index is 11.6. The third kappa shape index (κ3) is 2.69. The van der Waals surface area contributed by atoms with Gasteiger partial charge in [-0.15, -0.1) is 22.6 Å². The third-order valence-electron chi connectivity index (χ3n) is 2.40. The molecule has 1 saturated carbocycles. The highest BCUT2D eigenvalue weighted by Crippen LogP contribution is 2.33. The van der Waals surface area contributed by atoms with E-state index in [9.17, 15) is 4.79 Å². The molecule has 1 aliphatic carbocycles. The second-order valence-electron chi connectivity index (χ2n) is 4.21. The summed E-state index contributed by atoms with van der Waals surface area (Å²) in [4.78, 5) is 11.6. The van der Waals surface area contributed by atoms with Crippen LogP contribution in [0.3, 0.4) is 0 Å². The zero-order valence-corrected chi connectivity index (χ0v) is 10.8. The maximum Gasteiger partial charge on any atom is 0.246 e. The zero-order valence-electron chi connectivity index (χ0n) is 9.19. The van der Waals surface area contributed by atoms with Gasteiger partial charge in [-0.1, -0.05) is 25.2 Å². The number of carbonyl (C=O) groups is 1. The number of hydrogen-bond acceptors (Lipinski definition) is 5. The first-order valence-electron chi connectivity index (χ1n) is 4.95. The molecule has 0 atom stereocenters. The molecule has 1 aromatic heterocycles. The largest absolute Gasteiger partial charge is 0.317 e. The molecule has 5 nitrogen and oxygen atoms in total. The van der Waals surface area contributed by atoms with Gasteiger partial charge in [-0.25, -0.2) is 0 Å². The van der Waals surface area contributed by atoms with Crippen molar-refractivity contribution < 1.29 is 4.79 Å². The molecule has 0 spiro atoms. The van der Waals surface area contributed by atoms with Crippen LogP contribution in [0.15, 0.2) is 0 Å². The summed E-state index contributed by atoms with van der Waals surface area (Å²) in [6, 6.07) is 0. The Kier molecular flexibility index (Phi) is 3.88. The van der Waals surface area contributed by atoms with Crippen LogP contribution in [0.4, 0.5) is 5.13 Å². The van der Waals surface area contributed by atoms with E-state index in [2.05, 4.69) is 15.5 Å². The topological polar surface area (TPSA) is 80.9 Å². The highest BCUT2D eigenvalue weighted by Gasteiger charge is 2.46. The Balaban J connectivity index is 0.00000128. The van der Waals surface area contributed by atoms with Crippen LogP contribution < -0.4 is 11.1 Å². The Labute approximate surface area is 104 Å². The van der Waals surface area contributed by atoms with Crippen LogP contribution in [0.2, 0.25) is 0 Å². The fourth-order valence-electron chi connectivity index (χ4n) is 1.10. The van der Waals surface area contributed by atoms with E-state index in [4.69, 9.17) is 5.73 Å². The first-order valence-corrected chi connectivity index (χ1v) is 5.77. The monoisotopic (exact) mass is 262 g/mol. The van der Waals surface area contributed by atoms with E-state index in [1.54, 1.807) is 0 Å². The van der Waals surface area contributed by atoms with Gasteiger partial charge in [-0.05, 0) is 12.8 Å². The summed E-state index contributed by atoms with van der Waals surface area (Å²) in [5.74, 6) is 0.190. The Bertz CT molecular complexity index is 389. The number of amides is 1. The number of nitrogens with one attached hydrogen (secondary N) is 1. The quantitative estimate of drug-likeness (QED) is 0.865. The molecule has 0 aromatic carbocycles. The van der Waals surface area contributed by atoms with Crippen LogP contribution in [0, 0.1) is 0 Å². The van der Waals surface area contributed by atoms with Crippen molar-refractivity contribution in [1.82, 2.24) is 10.2 Å². The lowest BCUT2D eigenvalue weighted by Gasteiger charge is -2.06. The van der Waals surface area contributed by atoms with Gasteiger partial charge in [0.2, 0.25) is 11.0 Å². The van der Waals surface area contributed by atoms with Crippen LogP contribution in [-0.4, -0.2) is 21.6 Å². The molecule has 90 valence electrons. The molecular weight excluding hydrogens is 248 g/mol. The van der Waals surface area contributed by atoms with Crippen molar-refractivity contribution in [1.29, 1.82) is 0 Å². The van der Waals surface area contributed by atoms with Gasteiger partial charge >= 0.3 is 0 Å². The minimum absolute atomic E-state index is 0. The molecule has 1 heterocycles. The Morgan fingerprint density at radius 2 is 2.12 bits per heavy atom. The van der Waals surface area contributed by atoms with Crippen LogP contribution in [0.25, 0.3) is 0 Å². The lowest BCUT2D eigenvalue weighted by molar-refractivity contribution is -0.118. The normalized spacial score (nSPS) is 16.8. The number of anilines is 1. The SMILES string of the molecule is CC(C)c1nnc(NC(=O)C2(N)CC2)s1.Cl. The third-order valence-corrected chi connectivity index (χ3v) is 3.54. The van der Waals surface area contributed by atoms with E-state index in [1.807, 2.05) is 13.8 Å². The van der Waals surface area contributed by atoms with E-state index in [0.29, 0.717) is 11.0 Å². The van der Waals surface area contributed by atoms with Gasteiger partial charge in [0.05, 0.1) is 5.54 Å². The summed E-state index contributed by atoms with van der Waals surface area (Å²) in [5, 5.41) is 12.0. The van der Waals surface area contributed by atoms with Crippen molar-refractivity contribution in [2.24, 2.45) is 5.73 Å². The van der Waals surface area contributed by atoms with Crippen molar-refractivity contribution in [3.05, 3.63) is 5.01 Å². The number of nitrogens with two attached hydrogens (primary N) is 1. The number of rotatable bonds is 3. The van der Waals surface area contributed by atoms with Gasteiger partial charge in [0, 0.05) is 5.92 Å². The lowest BCUT2D eigenvalue weighted by Crippen LogP contribution is -2.37. The zero-order chi connectivity index (χ0) is 11.1. The van der Waals surface area contributed by atoms with Crippen molar-refractivity contribution in [3.63, 3.8) is 0 Å². The summed E-state index contributed by atoms with van der Waals surface area (Å²) in [5.41, 5.74) is 5.10. The molecule has 16 heavy (non-hydrogen) atoms. The van der Waals surface area contributed by atoms with E-state index in [0.717, 1.165) is 17.8 Å². The van der Waals surface area contributed by atoms with Gasteiger partial charge < -0.3 is 5.73 Å². The molecule has 2 rings (SSSR count). The highest BCUT2D eigenvalue weighted by molar-refractivity contribution is 7.15. The fraction of sp³-hybridized carbons (Fsp3) is 0.667. The Morgan fingerprint density at radius 1 is 1.50 bits per heavy atom. The maximum atomic E-state index is 11.6. The molecule has 1 amide bonds. The van der Waals surface area contributed by atoms with Crippen LogP contribution in [-0.2, 0) is 4.79 Å². The minimum atomic E-state index is -0.649. The Morgan fingerprint density at radius 3 is 2.56 bits per heavy atom. The molecule has 0 bridgehead atoms. The molecule has 1 aliphatic rings. The minimum Gasteiger partial charge on any atom is -0.317 e. The van der Waals surface area contributed by atoms with E-state index in [-0.39, 0.29) is 18.3 Å². The van der Waals surface area contributed by atoms with Crippen molar-refractivity contribution in [3.8, 4) is 0 Å². The number of hydrogen-bond donors (Lipinski definition) is 2. The second kappa shape index (κ2) is 4.65. The summed E-state index contributed by atoms with van der Waals surface area (Å²) >= 11 is 1.40. The molecule has 0 aliphatic heterocycles. The standard InChI is InChI=1S/C9H14N4OS.ClH/c1-5(2)6-12-13-8(15-6)11-7(14)9(10)3-4-9;/h5H,3-4,10H2,1-2H3,(H,11,13,14);1H. The lowest BCUT2D eigenvalue weighted by atomic mass is 10.2. The molecule has 3 N–H and O–H groups in total. The molecule has 0 saturated heterocycles. The second-order valence-corrected chi connectivity index (χ2v) is 5.22. The van der Waals surface area contributed by atoms with Crippen LogP contribution in [0.5, 0.6) is 0 Å². The van der Waals surface area contributed by atoms with Crippen molar-refractivity contribution in [2.75, 3.05) is 5.32 Å². The van der Waals surface area contributed by atoms with E-state index in [1.165, 1.54) is 11.3 Å². The van der Waals surface area contributed by atoms with Gasteiger partial charge in [-0.3, -0.25) is 10.1 Å². The van der Waals surface area contributed by atoms with E-state index < -0.39 is 5.54 Å². The van der Waals surface area contributed by atoms with Crippen LogP contribution >= 0.6 is 23.7 Å². The predicted molar refractivity (Wildman–Crippen MR) is 66.0 cm³/mol. The molecular formula is C9H15ClN4OS. The number of halogens is 1. The average Bonchev–Trinajstić information content (AvgIpc) is 2.76. The number of aromatic nitrogens is 2. The molecule has 0 radical (unpaired) electrons. The summed E-state index contributed by atoms with van der Waals surface area (Å²) in [7, 11) is 0. The van der Waals surface area contributed by atoms with Gasteiger partial charge in [0.15, 0.2) is 0 Å². The summed E-state index contributed by atoms with van der Waals surface area (Å²) < 4.78 is 0. The van der Waals surface area contributed by atoms with Gasteiger partial charge in [0.25, 0.3) is 0 Å². The van der Waals surface area contributed by atoms with Crippen LogP contribution in [0.1, 0.15) is 37.6 Å². The van der Waals surface area contributed by atoms with Crippen molar-refractivity contribution >= 4 is 34.8 Å². The molecule has 7 heteroatoms. The molecule has 0 unspecified atom stereocenters. The number of nitrogens with zero attached hydrogens (tertiary/aromatic N) is 2. The van der Waals surface area contributed by atoms with E-state index >= 15 is 0 Å². The molecule has 1 aromatic rings. The fourth-order valence-corrected chi connectivity index (χ4v) is 1.84. The van der Waals surface area contributed by atoms with Crippen molar-refractivity contribution in [2.45, 2.75) is 38.1 Å². The highest BCUT2D eigenvalue weighted by atomic mass is 35.5. The average molecular weight is 263 g/mol. The summed E-state index contributed by atoms with van der Waals surface area (Å²) in [6.07, 6.45) is 1.52. The van der Waals surface area contributed by atoms with Gasteiger partial charge in [-0.2, -0.15) is 0 Å². The Hall–Kier alpha value is -0.720. The summed E-state index contributed by atoms with van der Waals surface area (Å²) in [6.45, 7) is 4.08. The molecule has 1 fully saturated rings. The predicted octanol–water partition coefficient (Wildman–Crippen LogP) is 1.51. The number of carbonyl (C=O) groups excluding carboxylic acids is 1. The first-order chi connectivity index (χ1) is 7.01. The first kappa shape index (κ1) is 13.3. The smallest absolute Gasteiger partial charge is 0.246 e.